The number of nitro benzene ring substituents is 1. The van der Waals surface area contributed by atoms with Gasteiger partial charge in [-0.25, -0.2) is 13.2 Å². The summed E-state index contributed by atoms with van der Waals surface area (Å²) < 4.78 is 33.1. The molecular weight excluding hydrogens is 398 g/mol. The molecule has 0 spiro atoms. The van der Waals surface area contributed by atoms with E-state index in [9.17, 15) is 23.3 Å². The Hall–Kier alpha value is -3.24. The molecule has 0 bridgehead atoms. The highest BCUT2D eigenvalue weighted by Crippen LogP contribution is 2.29. The average Bonchev–Trinajstić information content (AvgIpc) is 3.09. The van der Waals surface area contributed by atoms with Crippen LogP contribution in [-0.2, 0) is 19.6 Å². The number of aromatic nitrogens is 1. The van der Waals surface area contributed by atoms with Crippen LogP contribution in [0.5, 0.6) is 0 Å². The van der Waals surface area contributed by atoms with E-state index in [1.807, 2.05) is 6.92 Å². The largest absolute Gasteiger partial charge is 0.465 e. The summed E-state index contributed by atoms with van der Waals surface area (Å²) in [5, 5.41) is 11.5. The molecule has 2 N–H and O–H groups in total. The van der Waals surface area contributed by atoms with Crippen LogP contribution in [-0.4, -0.2) is 30.9 Å². The Morgan fingerprint density at radius 3 is 2.55 bits per heavy atom. The molecule has 0 amide bonds. The highest BCUT2D eigenvalue weighted by atomic mass is 32.2. The Bertz CT molecular complexity index is 1170. The van der Waals surface area contributed by atoms with Crippen LogP contribution in [0.25, 0.3) is 10.9 Å². The average molecular weight is 417 g/mol. The van der Waals surface area contributed by atoms with Gasteiger partial charge in [-0.2, -0.15) is 4.72 Å². The summed E-state index contributed by atoms with van der Waals surface area (Å²) in [4.78, 5) is 26.0. The van der Waals surface area contributed by atoms with E-state index in [1.165, 1.54) is 36.5 Å². The lowest BCUT2D eigenvalue weighted by Gasteiger charge is -2.17. The molecule has 29 heavy (non-hydrogen) atoms. The Labute approximate surface area is 166 Å². The fourth-order valence-electron chi connectivity index (χ4n) is 2.89. The zero-order valence-corrected chi connectivity index (χ0v) is 16.5. The lowest BCUT2D eigenvalue weighted by Crippen LogP contribution is -2.35. The van der Waals surface area contributed by atoms with Gasteiger partial charge in [-0.15, -0.1) is 0 Å². The van der Waals surface area contributed by atoms with Crippen molar-refractivity contribution in [2.75, 3.05) is 6.61 Å². The van der Waals surface area contributed by atoms with Gasteiger partial charge in [0, 0.05) is 34.8 Å². The molecule has 3 aromatic rings. The molecule has 1 heterocycles. The first-order valence-corrected chi connectivity index (χ1v) is 10.2. The Balaban J connectivity index is 2.07. The Morgan fingerprint density at radius 1 is 1.24 bits per heavy atom. The van der Waals surface area contributed by atoms with Crippen LogP contribution >= 0.6 is 0 Å². The van der Waals surface area contributed by atoms with Crippen molar-refractivity contribution in [2.45, 2.75) is 24.8 Å². The molecule has 0 fully saturated rings. The summed E-state index contributed by atoms with van der Waals surface area (Å²) >= 11 is 0. The number of ether oxygens (including phenoxy) is 1. The molecule has 1 unspecified atom stereocenters. The maximum Gasteiger partial charge on any atom is 0.328 e. The van der Waals surface area contributed by atoms with E-state index >= 15 is 0 Å². The van der Waals surface area contributed by atoms with E-state index < -0.39 is 27.0 Å². The third kappa shape index (κ3) is 4.28. The molecule has 0 saturated heterocycles. The predicted molar refractivity (Wildman–Crippen MR) is 106 cm³/mol. The van der Waals surface area contributed by atoms with E-state index in [4.69, 9.17) is 4.74 Å². The molecule has 1 atom stereocenters. The summed E-state index contributed by atoms with van der Waals surface area (Å²) in [6.07, 6.45) is 1.44. The normalized spacial score (nSPS) is 12.6. The van der Waals surface area contributed by atoms with Crippen LogP contribution in [0, 0.1) is 17.0 Å². The number of nitrogens with zero attached hydrogens (tertiary/aromatic N) is 1. The quantitative estimate of drug-likeness (QED) is 0.345. The number of hydrogen-bond donors (Lipinski definition) is 2. The van der Waals surface area contributed by atoms with Gasteiger partial charge < -0.3 is 9.72 Å². The van der Waals surface area contributed by atoms with Crippen molar-refractivity contribution in [3.05, 3.63) is 69.9 Å². The van der Waals surface area contributed by atoms with Crippen LogP contribution in [0.15, 0.2) is 53.6 Å². The van der Waals surface area contributed by atoms with Crippen LogP contribution in [0.2, 0.25) is 0 Å². The highest BCUT2D eigenvalue weighted by molar-refractivity contribution is 7.89. The molecule has 2 aromatic carbocycles. The van der Waals surface area contributed by atoms with E-state index in [2.05, 4.69) is 9.71 Å². The van der Waals surface area contributed by atoms with Gasteiger partial charge in [-0.05, 0) is 32.0 Å². The summed E-state index contributed by atoms with van der Waals surface area (Å²) in [5.74, 6) is -0.810. The number of aryl methyl sites for hydroxylation is 1. The summed E-state index contributed by atoms with van der Waals surface area (Å²) in [7, 11) is -4.06. The number of nitrogens with one attached hydrogen (secondary N) is 2. The standard InChI is InChI=1S/C19H19N3O6S/c1-3-28-19(23)18(21-29(26,27)14-7-4-12(2)5-8-14)16-11-20-17-9-6-13(22(24)25)10-15(16)17/h4-11,18,20-21H,3H2,1-2H3. The number of fused-ring (bicyclic) bond motifs is 1. The first kappa shape index (κ1) is 20.5. The summed E-state index contributed by atoms with van der Waals surface area (Å²) in [6, 6.07) is 8.86. The minimum Gasteiger partial charge on any atom is -0.465 e. The van der Waals surface area contributed by atoms with Crippen LogP contribution in [0.1, 0.15) is 24.1 Å². The number of nitro groups is 1. The van der Waals surface area contributed by atoms with E-state index in [0.29, 0.717) is 10.9 Å². The molecule has 0 aliphatic rings. The van der Waals surface area contributed by atoms with E-state index in [0.717, 1.165) is 5.56 Å². The maximum absolute atomic E-state index is 12.8. The number of non-ortho nitro benzene ring substituents is 1. The second kappa shape index (κ2) is 8.02. The monoisotopic (exact) mass is 417 g/mol. The van der Waals surface area contributed by atoms with Gasteiger partial charge >= 0.3 is 5.97 Å². The number of H-pyrrole nitrogens is 1. The molecule has 10 heteroatoms. The molecule has 0 saturated carbocycles. The zero-order chi connectivity index (χ0) is 21.2. The minimum absolute atomic E-state index is 0.0109. The first-order valence-electron chi connectivity index (χ1n) is 8.74. The van der Waals surface area contributed by atoms with Gasteiger partial charge in [0.25, 0.3) is 5.69 Å². The Kier molecular flexibility index (Phi) is 5.66. The molecular formula is C19H19N3O6S. The van der Waals surface area contributed by atoms with Gasteiger partial charge in [-0.1, -0.05) is 17.7 Å². The fourth-order valence-corrected chi connectivity index (χ4v) is 4.05. The van der Waals surface area contributed by atoms with Gasteiger partial charge in [0.2, 0.25) is 10.0 Å². The van der Waals surface area contributed by atoms with E-state index in [1.54, 1.807) is 19.1 Å². The molecule has 9 nitrogen and oxygen atoms in total. The molecule has 1 aromatic heterocycles. The van der Waals surface area contributed by atoms with Gasteiger partial charge in [-0.3, -0.25) is 10.1 Å². The van der Waals surface area contributed by atoms with E-state index in [-0.39, 0.29) is 22.8 Å². The number of benzene rings is 2. The zero-order valence-electron chi connectivity index (χ0n) is 15.7. The molecule has 0 radical (unpaired) electrons. The first-order chi connectivity index (χ1) is 13.7. The second-order valence-electron chi connectivity index (χ2n) is 6.35. The number of hydrogen-bond acceptors (Lipinski definition) is 6. The molecule has 152 valence electrons. The maximum atomic E-state index is 12.8. The molecule has 0 aliphatic carbocycles. The van der Waals surface area contributed by atoms with Crippen molar-refractivity contribution in [1.29, 1.82) is 0 Å². The second-order valence-corrected chi connectivity index (χ2v) is 8.06. The van der Waals surface area contributed by atoms with Gasteiger partial charge in [0.15, 0.2) is 0 Å². The number of carbonyl (C=O) groups excluding carboxylic acids is 1. The van der Waals surface area contributed by atoms with Crippen molar-refractivity contribution in [3.63, 3.8) is 0 Å². The van der Waals surface area contributed by atoms with Gasteiger partial charge in [0.05, 0.1) is 16.4 Å². The molecule has 0 aliphatic heterocycles. The lowest BCUT2D eigenvalue weighted by molar-refractivity contribution is -0.384. The molecule has 3 rings (SSSR count). The SMILES string of the molecule is CCOC(=O)C(NS(=O)(=O)c1ccc(C)cc1)c1c[nH]c2ccc([N+](=O)[O-])cc12. The van der Waals surface area contributed by atoms with Crippen molar-refractivity contribution >= 4 is 32.6 Å². The van der Waals surface area contributed by atoms with Crippen molar-refractivity contribution < 1.29 is 22.9 Å². The Morgan fingerprint density at radius 2 is 1.93 bits per heavy atom. The predicted octanol–water partition coefficient (Wildman–Crippen LogP) is 2.97. The topological polar surface area (TPSA) is 131 Å². The van der Waals surface area contributed by atoms with Gasteiger partial charge in [0.1, 0.15) is 6.04 Å². The highest BCUT2D eigenvalue weighted by Gasteiger charge is 2.31. The van der Waals surface area contributed by atoms with Crippen LogP contribution < -0.4 is 4.72 Å². The van der Waals surface area contributed by atoms with Crippen molar-refractivity contribution in [1.82, 2.24) is 9.71 Å². The third-order valence-corrected chi connectivity index (χ3v) is 5.78. The number of sulfonamides is 1. The summed E-state index contributed by atoms with van der Waals surface area (Å²) in [6.45, 7) is 3.47. The number of carbonyl (C=O) groups is 1. The summed E-state index contributed by atoms with van der Waals surface area (Å²) in [5.41, 5.74) is 1.46. The smallest absolute Gasteiger partial charge is 0.328 e. The van der Waals surface area contributed by atoms with Crippen LogP contribution in [0.3, 0.4) is 0 Å². The number of esters is 1. The lowest BCUT2D eigenvalue weighted by atomic mass is 10.1. The van der Waals surface area contributed by atoms with Crippen molar-refractivity contribution in [2.24, 2.45) is 0 Å². The fraction of sp³-hybridized carbons (Fsp3) is 0.211. The minimum atomic E-state index is -4.06. The number of aromatic amines is 1. The third-order valence-electron chi connectivity index (χ3n) is 4.35. The number of rotatable bonds is 7. The van der Waals surface area contributed by atoms with Crippen molar-refractivity contribution in [3.8, 4) is 0 Å². The van der Waals surface area contributed by atoms with Crippen LogP contribution in [0.4, 0.5) is 5.69 Å².